The van der Waals surface area contributed by atoms with Gasteiger partial charge in [-0.1, -0.05) is 18.2 Å². The Morgan fingerprint density at radius 2 is 2.00 bits per heavy atom. The molecule has 2 heterocycles. The lowest BCUT2D eigenvalue weighted by molar-refractivity contribution is -0.128. The molecular weight excluding hydrogens is 344 g/mol. The Hall–Kier alpha value is -3.02. The predicted octanol–water partition coefficient (Wildman–Crippen LogP) is 3.54. The number of hydrogen-bond acceptors (Lipinski definition) is 4. The molecular formula is C21H20N2O4. The van der Waals surface area contributed by atoms with Crippen LogP contribution < -0.4 is 10.1 Å². The molecule has 1 unspecified atom stereocenters. The molecule has 1 atom stereocenters. The molecule has 1 aliphatic heterocycles. The van der Waals surface area contributed by atoms with Gasteiger partial charge in [-0.3, -0.25) is 9.59 Å². The van der Waals surface area contributed by atoms with Crippen molar-refractivity contribution in [3.05, 3.63) is 36.4 Å². The quantitative estimate of drug-likeness (QED) is 0.769. The van der Waals surface area contributed by atoms with Gasteiger partial charge in [0.2, 0.25) is 11.8 Å². The van der Waals surface area contributed by atoms with E-state index in [1.807, 2.05) is 35.2 Å². The van der Waals surface area contributed by atoms with Crippen LogP contribution in [-0.4, -0.2) is 36.4 Å². The SMILES string of the molecule is COc1cc2c(cc1NC(=O)C1CC(=O)N(C3CC3)C1)oc1ccccc12. The number of carbonyl (C=O) groups is 2. The number of nitrogens with zero attached hydrogens (tertiary/aromatic N) is 1. The molecule has 5 rings (SSSR count). The van der Waals surface area contributed by atoms with Crippen LogP contribution in [0.4, 0.5) is 5.69 Å². The Bertz CT molecular complexity index is 1070. The van der Waals surface area contributed by atoms with E-state index in [1.165, 1.54) is 0 Å². The van der Waals surface area contributed by atoms with Crippen LogP contribution >= 0.6 is 0 Å². The van der Waals surface area contributed by atoms with Gasteiger partial charge in [-0.25, -0.2) is 0 Å². The third-order valence-electron chi connectivity index (χ3n) is 5.47. The van der Waals surface area contributed by atoms with Gasteiger partial charge < -0.3 is 19.4 Å². The highest BCUT2D eigenvalue weighted by Gasteiger charge is 2.41. The number of amides is 2. The number of carbonyl (C=O) groups excluding carboxylic acids is 2. The minimum Gasteiger partial charge on any atom is -0.495 e. The van der Waals surface area contributed by atoms with Gasteiger partial charge in [-0.2, -0.15) is 0 Å². The van der Waals surface area contributed by atoms with Crippen molar-refractivity contribution in [3.63, 3.8) is 0 Å². The van der Waals surface area contributed by atoms with Crippen molar-refractivity contribution < 1.29 is 18.7 Å². The van der Waals surface area contributed by atoms with Crippen molar-refractivity contribution in [1.82, 2.24) is 4.90 Å². The number of methoxy groups -OCH3 is 1. The van der Waals surface area contributed by atoms with Gasteiger partial charge in [0, 0.05) is 35.8 Å². The lowest BCUT2D eigenvalue weighted by Crippen LogP contribution is -2.29. The van der Waals surface area contributed by atoms with Crippen molar-refractivity contribution in [2.75, 3.05) is 19.0 Å². The lowest BCUT2D eigenvalue weighted by Gasteiger charge is -2.16. The average Bonchev–Trinajstić information content (AvgIpc) is 3.34. The molecule has 27 heavy (non-hydrogen) atoms. The molecule has 1 aliphatic carbocycles. The van der Waals surface area contributed by atoms with Crippen molar-refractivity contribution in [2.24, 2.45) is 5.92 Å². The maximum absolute atomic E-state index is 12.7. The fourth-order valence-corrected chi connectivity index (χ4v) is 3.90. The van der Waals surface area contributed by atoms with Gasteiger partial charge in [0.25, 0.3) is 0 Å². The summed E-state index contributed by atoms with van der Waals surface area (Å²) < 4.78 is 11.4. The van der Waals surface area contributed by atoms with Crippen LogP contribution in [0.1, 0.15) is 19.3 Å². The monoisotopic (exact) mass is 364 g/mol. The van der Waals surface area contributed by atoms with Crippen LogP contribution in [0.2, 0.25) is 0 Å². The second kappa shape index (κ2) is 6.01. The topological polar surface area (TPSA) is 71.8 Å². The van der Waals surface area contributed by atoms with Crippen LogP contribution in [0.25, 0.3) is 21.9 Å². The van der Waals surface area contributed by atoms with Crippen LogP contribution in [-0.2, 0) is 9.59 Å². The highest BCUT2D eigenvalue weighted by molar-refractivity contribution is 6.08. The number of furan rings is 1. The summed E-state index contributed by atoms with van der Waals surface area (Å²) in [6.45, 7) is 0.504. The Balaban J connectivity index is 1.44. The standard InChI is InChI=1S/C21H20N2O4/c1-26-19-9-15-14-4-2-3-5-17(14)27-18(15)10-16(19)22-21(25)12-8-20(24)23(11-12)13-6-7-13/h2-5,9-10,12-13H,6-8,11H2,1H3,(H,22,25). The lowest BCUT2D eigenvalue weighted by atomic mass is 10.1. The van der Waals surface area contributed by atoms with E-state index in [-0.39, 0.29) is 24.2 Å². The molecule has 0 spiro atoms. The first kappa shape index (κ1) is 16.2. The first-order valence-electron chi connectivity index (χ1n) is 9.23. The van der Waals surface area contributed by atoms with Crippen LogP contribution in [0, 0.1) is 5.92 Å². The highest BCUT2D eigenvalue weighted by Crippen LogP contribution is 2.37. The molecule has 0 radical (unpaired) electrons. The summed E-state index contributed by atoms with van der Waals surface area (Å²) in [6.07, 6.45) is 2.38. The fourth-order valence-electron chi connectivity index (χ4n) is 3.90. The fraction of sp³-hybridized carbons (Fsp3) is 0.333. The maximum Gasteiger partial charge on any atom is 0.229 e. The normalized spacial score (nSPS) is 19.8. The summed E-state index contributed by atoms with van der Waals surface area (Å²) in [5, 5.41) is 4.88. The Kier molecular flexibility index (Phi) is 3.60. The number of likely N-dealkylation sites (tertiary alicyclic amines) is 1. The predicted molar refractivity (Wildman–Crippen MR) is 102 cm³/mol. The zero-order valence-electron chi connectivity index (χ0n) is 15.0. The minimum atomic E-state index is -0.325. The van der Waals surface area contributed by atoms with E-state index in [4.69, 9.17) is 9.15 Å². The van der Waals surface area contributed by atoms with Crippen LogP contribution in [0.15, 0.2) is 40.8 Å². The van der Waals surface area contributed by atoms with E-state index in [0.29, 0.717) is 29.6 Å². The van der Waals surface area contributed by atoms with E-state index < -0.39 is 0 Å². The van der Waals surface area contributed by atoms with Crippen molar-refractivity contribution >= 4 is 39.4 Å². The number of ether oxygens (including phenoxy) is 1. The van der Waals surface area contributed by atoms with Crippen molar-refractivity contribution in [1.29, 1.82) is 0 Å². The smallest absolute Gasteiger partial charge is 0.229 e. The number of para-hydroxylation sites is 1. The molecule has 2 amide bonds. The molecule has 1 saturated heterocycles. The largest absolute Gasteiger partial charge is 0.495 e. The third kappa shape index (κ3) is 2.72. The molecule has 2 fully saturated rings. The number of rotatable bonds is 4. The maximum atomic E-state index is 12.7. The molecule has 6 heteroatoms. The van der Waals surface area contributed by atoms with E-state index in [9.17, 15) is 9.59 Å². The van der Waals surface area contributed by atoms with Gasteiger partial charge in [-0.05, 0) is 25.0 Å². The molecule has 1 aromatic heterocycles. The molecule has 2 aliphatic rings. The second-order valence-electron chi connectivity index (χ2n) is 7.31. The van der Waals surface area contributed by atoms with Crippen LogP contribution in [0.5, 0.6) is 5.75 Å². The number of benzene rings is 2. The van der Waals surface area contributed by atoms with Gasteiger partial charge in [0.1, 0.15) is 16.9 Å². The van der Waals surface area contributed by atoms with Gasteiger partial charge in [0.05, 0.1) is 18.7 Å². The van der Waals surface area contributed by atoms with E-state index in [2.05, 4.69) is 5.32 Å². The summed E-state index contributed by atoms with van der Waals surface area (Å²) in [5.41, 5.74) is 2.04. The summed E-state index contributed by atoms with van der Waals surface area (Å²) in [4.78, 5) is 26.7. The molecule has 0 bridgehead atoms. The molecule has 6 nitrogen and oxygen atoms in total. The summed E-state index contributed by atoms with van der Waals surface area (Å²) in [5.74, 6) is 0.178. The Morgan fingerprint density at radius 3 is 2.78 bits per heavy atom. The molecule has 2 aromatic carbocycles. The van der Waals surface area contributed by atoms with Crippen LogP contribution in [0.3, 0.4) is 0 Å². The average molecular weight is 364 g/mol. The number of fused-ring (bicyclic) bond motifs is 3. The second-order valence-corrected chi connectivity index (χ2v) is 7.31. The van der Waals surface area contributed by atoms with E-state index in [1.54, 1.807) is 13.2 Å². The molecule has 3 aromatic rings. The zero-order chi connectivity index (χ0) is 18.5. The highest BCUT2D eigenvalue weighted by atomic mass is 16.5. The Morgan fingerprint density at radius 1 is 1.19 bits per heavy atom. The van der Waals surface area contributed by atoms with E-state index >= 15 is 0 Å². The van der Waals surface area contributed by atoms with Gasteiger partial charge >= 0.3 is 0 Å². The summed E-state index contributed by atoms with van der Waals surface area (Å²) >= 11 is 0. The molecule has 1 N–H and O–H groups in total. The number of hydrogen-bond donors (Lipinski definition) is 1. The zero-order valence-corrected chi connectivity index (χ0v) is 15.0. The molecule has 1 saturated carbocycles. The first-order valence-corrected chi connectivity index (χ1v) is 9.23. The van der Waals surface area contributed by atoms with Gasteiger partial charge in [0.15, 0.2) is 0 Å². The third-order valence-corrected chi connectivity index (χ3v) is 5.47. The number of anilines is 1. The van der Waals surface area contributed by atoms with E-state index in [0.717, 1.165) is 29.2 Å². The van der Waals surface area contributed by atoms with Crippen molar-refractivity contribution in [3.8, 4) is 5.75 Å². The summed E-state index contributed by atoms with van der Waals surface area (Å²) in [6, 6.07) is 11.8. The van der Waals surface area contributed by atoms with Crippen molar-refractivity contribution in [2.45, 2.75) is 25.3 Å². The first-order chi connectivity index (χ1) is 13.1. The minimum absolute atomic E-state index is 0.0809. The Labute approximate surface area is 156 Å². The van der Waals surface area contributed by atoms with Gasteiger partial charge in [-0.15, -0.1) is 0 Å². The molecule has 138 valence electrons. The number of nitrogens with one attached hydrogen (secondary N) is 1. The summed E-state index contributed by atoms with van der Waals surface area (Å²) in [7, 11) is 1.58.